The summed E-state index contributed by atoms with van der Waals surface area (Å²) >= 11 is 0. The van der Waals surface area contributed by atoms with Crippen LogP contribution in [0, 0.1) is 6.92 Å². The zero-order chi connectivity index (χ0) is 8.72. The van der Waals surface area contributed by atoms with Crippen LogP contribution in [-0.4, -0.2) is 5.11 Å². The average molecular weight is 160 g/mol. The maximum Gasteiger partial charge on any atom is 0.100 e. The monoisotopic (exact) mass is 160 g/mol. The van der Waals surface area contributed by atoms with Crippen molar-refractivity contribution in [2.75, 3.05) is 0 Å². The van der Waals surface area contributed by atoms with Crippen molar-refractivity contribution in [3.63, 3.8) is 0 Å². The van der Waals surface area contributed by atoms with Gasteiger partial charge in [-0.15, -0.1) is 0 Å². The summed E-state index contributed by atoms with van der Waals surface area (Å²) in [5.41, 5.74) is 4.75. The quantitative estimate of drug-likeness (QED) is 0.618. The largest absolute Gasteiger partial charge is 0.512 e. The molecular formula is C11H12O. The molecule has 0 aromatic heterocycles. The Morgan fingerprint density at radius 1 is 1.25 bits per heavy atom. The van der Waals surface area contributed by atoms with Crippen molar-refractivity contribution >= 4 is 5.57 Å². The van der Waals surface area contributed by atoms with Crippen LogP contribution >= 0.6 is 0 Å². The first-order chi connectivity index (χ1) is 5.68. The highest BCUT2D eigenvalue weighted by molar-refractivity contribution is 5.73. The van der Waals surface area contributed by atoms with Crippen molar-refractivity contribution in [1.29, 1.82) is 0 Å². The molecule has 0 atom stereocenters. The van der Waals surface area contributed by atoms with E-state index in [4.69, 9.17) is 0 Å². The molecule has 0 bridgehead atoms. The Bertz CT molecular complexity index is 361. The molecule has 0 saturated carbocycles. The van der Waals surface area contributed by atoms with E-state index in [0.29, 0.717) is 12.2 Å². The van der Waals surface area contributed by atoms with Crippen LogP contribution in [0.25, 0.3) is 5.57 Å². The van der Waals surface area contributed by atoms with E-state index in [2.05, 4.69) is 25.1 Å². The van der Waals surface area contributed by atoms with Crippen LogP contribution in [0.1, 0.15) is 23.6 Å². The van der Waals surface area contributed by atoms with Gasteiger partial charge in [-0.2, -0.15) is 0 Å². The Hall–Kier alpha value is -1.24. The number of hydrogen-bond acceptors (Lipinski definition) is 1. The summed E-state index contributed by atoms with van der Waals surface area (Å²) < 4.78 is 0. The first kappa shape index (κ1) is 7.41. The maximum atomic E-state index is 9.49. The predicted molar refractivity (Wildman–Crippen MR) is 50.1 cm³/mol. The molecule has 0 aliphatic heterocycles. The van der Waals surface area contributed by atoms with E-state index in [1.807, 2.05) is 6.92 Å². The number of aryl methyl sites for hydroxylation is 1. The number of rotatable bonds is 0. The van der Waals surface area contributed by atoms with Gasteiger partial charge in [0, 0.05) is 6.42 Å². The number of aliphatic hydroxyl groups excluding tert-OH is 1. The molecule has 1 aromatic rings. The molecule has 1 N–H and O–H groups in total. The van der Waals surface area contributed by atoms with E-state index in [1.165, 1.54) is 16.7 Å². The van der Waals surface area contributed by atoms with Crippen LogP contribution in [0.4, 0.5) is 0 Å². The minimum absolute atomic E-state index is 0.524. The molecule has 1 aliphatic carbocycles. The number of fused-ring (bicyclic) bond motifs is 1. The van der Waals surface area contributed by atoms with Crippen LogP contribution in [0.5, 0.6) is 0 Å². The third-order valence-electron chi connectivity index (χ3n) is 2.46. The Morgan fingerprint density at radius 2 is 2.00 bits per heavy atom. The Morgan fingerprint density at radius 3 is 2.75 bits per heavy atom. The lowest BCUT2D eigenvalue weighted by Crippen LogP contribution is -1.84. The third kappa shape index (κ3) is 0.934. The van der Waals surface area contributed by atoms with Crippen molar-refractivity contribution in [1.82, 2.24) is 0 Å². The minimum atomic E-state index is 0.524. The number of hydrogen-bond donors (Lipinski definition) is 1. The molecule has 0 unspecified atom stereocenters. The van der Waals surface area contributed by atoms with E-state index in [0.717, 1.165) is 5.57 Å². The summed E-state index contributed by atoms with van der Waals surface area (Å²) in [6.07, 6.45) is 0.711. The fourth-order valence-corrected chi connectivity index (χ4v) is 1.70. The van der Waals surface area contributed by atoms with E-state index in [9.17, 15) is 5.11 Å². The van der Waals surface area contributed by atoms with Crippen LogP contribution in [0.2, 0.25) is 0 Å². The van der Waals surface area contributed by atoms with Gasteiger partial charge in [0.05, 0.1) is 0 Å². The number of aliphatic hydroxyl groups is 1. The summed E-state index contributed by atoms with van der Waals surface area (Å²) in [5, 5.41) is 9.49. The molecule has 0 heterocycles. The van der Waals surface area contributed by atoms with E-state index < -0.39 is 0 Å². The van der Waals surface area contributed by atoms with Gasteiger partial charge in [-0.3, -0.25) is 0 Å². The van der Waals surface area contributed by atoms with Crippen LogP contribution < -0.4 is 0 Å². The summed E-state index contributed by atoms with van der Waals surface area (Å²) in [6, 6.07) is 6.31. The van der Waals surface area contributed by atoms with Crippen molar-refractivity contribution in [3.8, 4) is 0 Å². The Kier molecular flexibility index (Phi) is 1.47. The normalized spacial score (nSPS) is 15.2. The Balaban J connectivity index is 2.58. The molecule has 12 heavy (non-hydrogen) atoms. The van der Waals surface area contributed by atoms with Gasteiger partial charge in [-0.05, 0) is 30.5 Å². The molecule has 1 nitrogen and oxygen atoms in total. The van der Waals surface area contributed by atoms with Gasteiger partial charge < -0.3 is 5.11 Å². The second-order valence-corrected chi connectivity index (χ2v) is 3.41. The summed E-state index contributed by atoms with van der Waals surface area (Å²) in [6.45, 7) is 4.04. The van der Waals surface area contributed by atoms with Gasteiger partial charge >= 0.3 is 0 Å². The molecule has 1 heteroatoms. The van der Waals surface area contributed by atoms with Crippen LogP contribution in [0.15, 0.2) is 24.0 Å². The second-order valence-electron chi connectivity index (χ2n) is 3.41. The molecule has 0 spiro atoms. The molecule has 0 amide bonds. The molecule has 62 valence electrons. The summed E-state index contributed by atoms with van der Waals surface area (Å²) in [5.74, 6) is 0.524. The minimum Gasteiger partial charge on any atom is -0.512 e. The SMILES string of the molecule is CC1=C(O)Cc2cc(C)ccc21. The third-order valence-corrected chi connectivity index (χ3v) is 2.46. The van der Waals surface area contributed by atoms with Gasteiger partial charge in [0.25, 0.3) is 0 Å². The highest BCUT2D eigenvalue weighted by Crippen LogP contribution is 2.31. The smallest absolute Gasteiger partial charge is 0.100 e. The van der Waals surface area contributed by atoms with Crippen molar-refractivity contribution < 1.29 is 5.11 Å². The average Bonchev–Trinajstić information content (AvgIpc) is 2.28. The zero-order valence-corrected chi connectivity index (χ0v) is 7.39. The van der Waals surface area contributed by atoms with Crippen LogP contribution in [-0.2, 0) is 6.42 Å². The van der Waals surface area contributed by atoms with E-state index in [-0.39, 0.29) is 0 Å². The lowest BCUT2D eigenvalue weighted by molar-refractivity contribution is 0.405. The number of benzene rings is 1. The molecule has 2 rings (SSSR count). The molecule has 0 fully saturated rings. The predicted octanol–water partition coefficient (Wildman–Crippen LogP) is 2.84. The van der Waals surface area contributed by atoms with Gasteiger partial charge in [0.15, 0.2) is 0 Å². The molecule has 0 saturated heterocycles. The number of allylic oxidation sites excluding steroid dienone is 2. The fourth-order valence-electron chi connectivity index (χ4n) is 1.70. The standard InChI is InChI=1S/C11H12O/c1-7-3-4-10-8(2)11(12)6-9(10)5-7/h3-5,12H,6H2,1-2H3. The summed E-state index contributed by atoms with van der Waals surface area (Å²) in [7, 11) is 0. The Labute approximate surface area is 72.4 Å². The molecule has 1 aliphatic rings. The van der Waals surface area contributed by atoms with Crippen LogP contribution in [0.3, 0.4) is 0 Å². The second kappa shape index (κ2) is 2.37. The first-order valence-electron chi connectivity index (χ1n) is 4.17. The molecular weight excluding hydrogens is 148 g/mol. The van der Waals surface area contributed by atoms with Gasteiger partial charge in [-0.25, -0.2) is 0 Å². The van der Waals surface area contributed by atoms with Gasteiger partial charge in [-0.1, -0.05) is 23.8 Å². The molecule has 0 radical (unpaired) electrons. The summed E-state index contributed by atoms with van der Waals surface area (Å²) in [4.78, 5) is 0. The molecule has 1 aromatic carbocycles. The lowest BCUT2D eigenvalue weighted by atomic mass is 10.0. The zero-order valence-electron chi connectivity index (χ0n) is 7.39. The lowest BCUT2D eigenvalue weighted by Gasteiger charge is -2.00. The van der Waals surface area contributed by atoms with Crippen molar-refractivity contribution in [2.45, 2.75) is 20.3 Å². The maximum absolute atomic E-state index is 9.49. The van der Waals surface area contributed by atoms with Crippen molar-refractivity contribution in [3.05, 3.63) is 40.6 Å². The fraction of sp³-hybridized carbons (Fsp3) is 0.273. The van der Waals surface area contributed by atoms with Crippen molar-refractivity contribution in [2.24, 2.45) is 0 Å². The van der Waals surface area contributed by atoms with E-state index in [1.54, 1.807) is 0 Å². The van der Waals surface area contributed by atoms with E-state index >= 15 is 0 Å². The first-order valence-corrected chi connectivity index (χ1v) is 4.17. The topological polar surface area (TPSA) is 20.2 Å². The highest BCUT2D eigenvalue weighted by Gasteiger charge is 2.16. The van der Waals surface area contributed by atoms with Gasteiger partial charge in [0.2, 0.25) is 0 Å². The van der Waals surface area contributed by atoms with Gasteiger partial charge in [0.1, 0.15) is 5.76 Å². The highest BCUT2D eigenvalue weighted by atomic mass is 16.3.